The van der Waals surface area contributed by atoms with E-state index in [4.69, 9.17) is 18.9 Å². The number of hydrogen-bond acceptors (Lipinski definition) is 8. The Kier molecular flexibility index (Phi) is 7.55. The van der Waals surface area contributed by atoms with E-state index in [0.29, 0.717) is 22.8 Å². The van der Waals surface area contributed by atoms with Crippen molar-refractivity contribution in [3.8, 4) is 23.0 Å². The molecule has 0 bridgehead atoms. The minimum absolute atomic E-state index is 0.0409. The van der Waals surface area contributed by atoms with Crippen LogP contribution in [0.1, 0.15) is 29.2 Å². The van der Waals surface area contributed by atoms with Crippen LogP contribution in [0.4, 0.5) is 0 Å². The summed E-state index contributed by atoms with van der Waals surface area (Å²) < 4.78 is 50.4. The molecule has 1 amide bonds. The number of carboxylic acid groups (broad SMARTS) is 1. The van der Waals surface area contributed by atoms with Crippen LogP contribution < -0.4 is 24.3 Å². The molecule has 0 fully saturated rings. The lowest BCUT2D eigenvalue weighted by Crippen LogP contribution is -2.53. The fourth-order valence-electron chi connectivity index (χ4n) is 4.91. The number of hydrogen-bond donors (Lipinski definition) is 2. The third-order valence-corrected chi connectivity index (χ3v) is 8.81. The molecule has 2 heterocycles. The quantitative estimate of drug-likeness (QED) is 0.399. The predicted molar refractivity (Wildman–Crippen MR) is 142 cm³/mol. The summed E-state index contributed by atoms with van der Waals surface area (Å²) in [7, 11) is -1.35. The molecule has 11 nitrogen and oxygen atoms in total. The highest BCUT2D eigenvalue weighted by atomic mass is 32.2. The number of ether oxygens (including phenoxy) is 4. The molecule has 0 radical (unpaired) electrons. The first-order valence-corrected chi connectivity index (χ1v) is 13.9. The van der Waals surface area contributed by atoms with Gasteiger partial charge in [0.2, 0.25) is 22.7 Å². The summed E-state index contributed by atoms with van der Waals surface area (Å²) in [6.07, 6.45) is -0.313. The number of methoxy groups -OCH3 is 2. The van der Waals surface area contributed by atoms with Gasteiger partial charge in [-0.1, -0.05) is 30.3 Å². The molecule has 3 aromatic carbocycles. The van der Waals surface area contributed by atoms with Crippen molar-refractivity contribution in [2.24, 2.45) is 0 Å². The zero-order chi connectivity index (χ0) is 28.4. The highest BCUT2D eigenvalue weighted by molar-refractivity contribution is 7.89. The third-order valence-electron chi connectivity index (χ3n) is 6.96. The molecular weight excluding hydrogens is 540 g/mol. The number of aliphatic carboxylic acids is 1. The minimum atomic E-state index is -4.20. The summed E-state index contributed by atoms with van der Waals surface area (Å²) >= 11 is 0. The SMILES string of the molecule is COc1ccc(S(=O)(=O)N2Cc3ccccc3C[C@H]2C(=O)N[C@@H](CC(=O)O)c2ccc3c(c2)OCO3)cc1OC. The van der Waals surface area contributed by atoms with E-state index in [-0.39, 0.29) is 30.4 Å². The molecule has 2 atom stereocenters. The Balaban J connectivity index is 1.50. The van der Waals surface area contributed by atoms with Crippen molar-refractivity contribution in [2.45, 2.75) is 36.4 Å². The van der Waals surface area contributed by atoms with E-state index in [1.165, 1.54) is 32.4 Å². The van der Waals surface area contributed by atoms with Crippen LogP contribution in [0.2, 0.25) is 0 Å². The average Bonchev–Trinajstić information content (AvgIpc) is 3.43. The van der Waals surface area contributed by atoms with E-state index in [9.17, 15) is 23.1 Å². The van der Waals surface area contributed by atoms with E-state index in [0.717, 1.165) is 15.4 Å². The zero-order valence-corrected chi connectivity index (χ0v) is 22.6. The molecular formula is C28H28N2O9S. The van der Waals surface area contributed by atoms with E-state index >= 15 is 0 Å². The Bertz CT molecular complexity index is 1560. The van der Waals surface area contributed by atoms with Gasteiger partial charge in [-0.15, -0.1) is 0 Å². The van der Waals surface area contributed by atoms with Crippen molar-refractivity contribution in [1.82, 2.24) is 9.62 Å². The molecule has 2 aliphatic rings. The molecule has 2 N–H and O–H groups in total. The summed E-state index contributed by atoms with van der Waals surface area (Å²) in [6, 6.07) is 14.4. The van der Waals surface area contributed by atoms with E-state index in [2.05, 4.69) is 5.32 Å². The van der Waals surface area contributed by atoms with E-state index < -0.39 is 40.4 Å². The number of nitrogens with one attached hydrogen (secondary N) is 1. The van der Waals surface area contributed by atoms with Gasteiger partial charge < -0.3 is 29.4 Å². The van der Waals surface area contributed by atoms with E-state index in [1.807, 2.05) is 24.3 Å². The van der Waals surface area contributed by atoms with Crippen molar-refractivity contribution in [2.75, 3.05) is 21.0 Å². The van der Waals surface area contributed by atoms with Gasteiger partial charge in [0.1, 0.15) is 6.04 Å². The molecule has 0 aliphatic carbocycles. The lowest BCUT2D eigenvalue weighted by molar-refractivity contribution is -0.138. The fourth-order valence-corrected chi connectivity index (χ4v) is 6.49. The fraction of sp³-hybridized carbons (Fsp3) is 0.286. The Hall–Kier alpha value is -4.29. The number of rotatable bonds is 9. The first kappa shape index (κ1) is 27.3. The number of carbonyl (C=O) groups excluding carboxylic acids is 1. The van der Waals surface area contributed by atoms with Crippen molar-refractivity contribution >= 4 is 21.9 Å². The molecule has 5 rings (SSSR count). The molecule has 0 saturated carbocycles. The highest BCUT2D eigenvalue weighted by Gasteiger charge is 2.40. The maximum absolute atomic E-state index is 14.0. The third kappa shape index (κ3) is 5.27. The minimum Gasteiger partial charge on any atom is -0.493 e. The molecule has 2 aliphatic heterocycles. The molecule has 0 spiro atoms. The van der Waals surface area contributed by atoms with Gasteiger partial charge in [-0.3, -0.25) is 9.59 Å². The average molecular weight is 569 g/mol. The maximum atomic E-state index is 14.0. The summed E-state index contributed by atoms with van der Waals surface area (Å²) in [5.74, 6) is -0.216. The van der Waals surface area contributed by atoms with Crippen LogP contribution in [0.25, 0.3) is 0 Å². The Morgan fingerprint density at radius 2 is 1.73 bits per heavy atom. The number of benzene rings is 3. The second kappa shape index (κ2) is 11.1. The molecule has 0 aromatic heterocycles. The van der Waals surface area contributed by atoms with Crippen molar-refractivity contribution < 1.29 is 42.1 Å². The van der Waals surface area contributed by atoms with Gasteiger partial charge in [-0.2, -0.15) is 4.31 Å². The maximum Gasteiger partial charge on any atom is 0.305 e. The number of carbonyl (C=O) groups is 2. The normalized spacial score (nSPS) is 17.0. The number of fused-ring (bicyclic) bond motifs is 2. The smallest absolute Gasteiger partial charge is 0.305 e. The topological polar surface area (TPSA) is 141 Å². The number of carboxylic acids is 1. The molecule has 3 aromatic rings. The van der Waals surface area contributed by atoms with Crippen LogP contribution in [0.3, 0.4) is 0 Å². The number of sulfonamides is 1. The van der Waals surface area contributed by atoms with Gasteiger partial charge in [0.15, 0.2) is 23.0 Å². The summed E-state index contributed by atoms with van der Waals surface area (Å²) in [5, 5.41) is 12.4. The highest BCUT2D eigenvalue weighted by Crippen LogP contribution is 2.36. The van der Waals surface area contributed by atoms with Crippen molar-refractivity contribution in [3.63, 3.8) is 0 Å². The van der Waals surface area contributed by atoms with Crippen LogP contribution >= 0.6 is 0 Å². The first-order chi connectivity index (χ1) is 19.2. The standard InChI is InChI=1S/C28H28N2O9S/c1-36-23-10-8-20(13-25(23)37-2)40(34,35)30-15-19-6-4-3-5-17(19)11-22(30)28(33)29-21(14-27(31)32)18-7-9-24-26(12-18)39-16-38-24/h3-10,12-13,21-22H,11,14-16H2,1-2H3,(H,29,33)(H,31,32)/t21-,22-/m0/s1. The monoisotopic (exact) mass is 568 g/mol. The van der Waals surface area contributed by atoms with Gasteiger partial charge in [0.25, 0.3) is 0 Å². The molecule has 40 heavy (non-hydrogen) atoms. The van der Waals surface area contributed by atoms with Gasteiger partial charge in [-0.05, 0) is 47.4 Å². The van der Waals surface area contributed by atoms with Crippen LogP contribution in [0.5, 0.6) is 23.0 Å². The predicted octanol–water partition coefficient (Wildman–Crippen LogP) is 2.88. The van der Waals surface area contributed by atoms with Crippen molar-refractivity contribution in [1.29, 1.82) is 0 Å². The van der Waals surface area contributed by atoms with Gasteiger partial charge in [-0.25, -0.2) is 8.42 Å². The van der Waals surface area contributed by atoms with Gasteiger partial charge >= 0.3 is 5.97 Å². The molecule has 0 saturated heterocycles. The molecule has 210 valence electrons. The largest absolute Gasteiger partial charge is 0.493 e. The van der Waals surface area contributed by atoms with Crippen LogP contribution in [0.15, 0.2) is 65.6 Å². The van der Waals surface area contributed by atoms with Crippen molar-refractivity contribution in [3.05, 3.63) is 77.4 Å². The Morgan fingerprint density at radius 3 is 2.45 bits per heavy atom. The van der Waals surface area contributed by atoms with Crippen LogP contribution in [0, 0.1) is 0 Å². The zero-order valence-electron chi connectivity index (χ0n) is 21.8. The molecule has 12 heteroatoms. The summed E-state index contributed by atoms with van der Waals surface area (Å²) in [5.41, 5.74) is 2.10. The molecule has 0 unspecified atom stereocenters. The van der Waals surface area contributed by atoms with Crippen LogP contribution in [-0.2, 0) is 32.6 Å². The summed E-state index contributed by atoms with van der Waals surface area (Å²) in [4.78, 5) is 25.5. The summed E-state index contributed by atoms with van der Waals surface area (Å²) in [6.45, 7) is -0.00223. The second-order valence-corrected chi connectivity index (χ2v) is 11.2. The Morgan fingerprint density at radius 1 is 1.00 bits per heavy atom. The number of amides is 1. The van der Waals surface area contributed by atoms with Crippen LogP contribution in [-0.4, -0.2) is 56.8 Å². The lowest BCUT2D eigenvalue weighted by atomic mass is 9.94. The second-order valence-electron chi connectivity index (χ2n) is 9.33. The number of nitrogens with zero attached hydrogens (tertiary/aromatic N) is 1. The lowest BCUT2D eigenvalue weighted by Gasteiger charge is -2.36. The Labute approximate surface area is 231 Å². The first-order valence-electron chi connectivity index (χ1n) is 12.4. The van der Waals surface area contributed by atoms with E-state index in [1.54, 1.807) is 18.2 Å². The van der Waals surface area contributed by atoms with Gasteiger partial charge in [0.05, 0.1) is 31.6 Å². The van der Waals surface area contributed by atoms with Gasteiger partial charge in [0, 0.05) is 12.6 Å².